The number of fused-ring (bicyclic) bond motifs is 1. The average Bonchev–Trinajstić information content (AvgIpc) is 2.77. The van der Waals surface area contributed by atoms with Crippen molar-refractivity contribution in [2.75, 3.05) is 0 Å². The van der Waals surface area contributed by atoms with Gasteiger partial charge in [-0.15, -0.1) is 0 Å². The third kappa shape index (κ3) is 2.77. The SMILES string of the molecule is CCCC(C)(NC(=O)c1cn(C)c2ccccc12)C(=O)O. The van der Waals surface area contributed by atoms with Gasteiger partial charge in [0.15, 0.2) is 0 Å². The molecule has 1 amide bonds. The van der Waals surface area contributed by atoms with E-state index < -0.39 is 11.5 Å². The highest BCUT2D eigenvalue weighted by Gasteiger charge is 2.34. The molecule has 2 N–H and O–H groups in total. The van der Waals surface area contributed by atoms with Gasteiger partial charge in [0.2, 0.25) is 0 Å². The Morgan fingerprint density at radius 2 is 2.00 bits per heavy atom. The van der Waals surface area contributed by atoms with Crippen LogP contribution in [0.5, 0.6) is 0 Å². The van der Waals surface area contributed by atoms with Gasteiger partial charge in [-0.25, -0.2) is 4.79 Å². The van der Waals surface area contributed by atoms with Crippen LogP contribution in [-0.4, -0.2) is 27.1 Å². The molecule has 2 aromatic rings. The Morgan fingerprint density at radius 1 is 1.33 bits per heavy atom. The third-order valence-electron chi connectivity index (χ3n) is 3.75. The second-order valence-electron chi connectivity index (χ2n) is 5.51. The molecule has 0 aliphatic rings. The molecule has 0 fully saturated rings. The van der Waals surface area contributed by atoms with Crippen molar-refractivity contribution in [2.24, 2.45) is 7.05 Å². The van der Waals surface area contributed by atoms with E-state index in [2.05, 4.69) is 5.32 Å². The van der Waals surface area contributed by atoms with Gasteiger partial charge in [-0.1, -0.05) is 31.5 Å². The number of aliphatic carboxylic acids is 1. The number of carboxylic acids is 1. The fraction of sp³-hybridized carbons (Fsp3) is 0.375. The minimum Gasteiger partial charge on any atom is -0.480 e. The molecule has 112 valence electrons. The van der Waals surface area contributed by atoms with Crippen molar-refractivity contribution in [3.05, 3.63) is 36.0 Å². The molecule has 0 spiro atoms. The summed E-state index contributed by atoms with van der Waals surface area (Å²) in [7, 11) is 1.86. The molecule has 1 aromatic heterocycles. The van der Waals surface area contributed by atoms with Crippen LogP contribution in [0.3, 0.4) is 0 Å². The molecule has 0 radical (unpaired) electrons. The molecule has 21 heavy (non-hydrogen) atoms. The summed E-state index contributed by atoms with van der Waals surface area (Å²) < 4.78 is 1.86. The maximum atomic E-state index is 12.5. The third-order valence-corrected chi connectivity index (χ3v) is 3.75. The first-order valence-electron chi connectivity index (χ1n) is 6.99. The number of benzene rings is 1. The van der Waals surface area contributed by atoms with Crippen LogP contribution in [0.1, 0.15) is 37.0 Å². The summed E-state index contributed by atoms with van der Waals surface area (Å²) in [5.41, 5.74) is 0.190. The molecule has 1 heterocycles. The topological polar surface area (TPSA) is 71.3 Å². The number of carbonyl (C=O) groups is 2. The van der Waals surface area contributed by atoms with Crippen LogP contribution in [0.4, 0.5) is 0 Å². The number of carboxylic acid groups (broad SMARTS) is 1. The van der Waals surface area contributed by atoms with Crippen molar-refractivity contribution in [1.82, 2.24) is 9.88 Å². The van der Waals surface area contributed by atoms with E-state index in [0.717, 1.165) is 10.9 Å². The number of nitrogens with one attached hydrogen (secondary N) is 1. The van der Waals surface area contributed by atoms with Crippen LogP contribution in [-0.2, 0) is 11.8 Å². The minimum atomic E-state index is -1.25. The molecule has 5 heteroatoms. The molecule has 5 nitrogen and oxygen atoms in total. The molecular weight excluding hydrogens is 268 g/mol. The lowest BCUT2D eigenvalue weighted by Crippen LogP contribution is -2.52. The zero-order valence-corrected chi connectivity index (χ0v) is 12.5. The van der Waals surface area contributed by atoms with Crippen molar-refractivity contribution in [3.8, 4) is 0 Å². The highest BCUT2D eigenvalue weighted by Crippen LogP contribution is 2.22. The molecular formula is C16H20N2O3. The second-order valence-corrected chi connectivity index (χ2v) is 5.51. The predicted octanol–water partition coefficient (Wildman–Crippen LogP) is 2.55. The van der Waals surface area contributed by atoms with Gasteiger partial charge in [-0.3, -0.25) is 4.79 Å². The standard InChI is InChI=1S/C16H20N2O3/c1-4-9-16(2,15(20)21)17-14(19)12-10-18(3)13-8-6-5-7-11(12)13/h5-8,10H,4,9H2,1-3H3,(H,17,19)(H,20,21). The highest BCUT2D eigenvalue weighted by molar-refractivity contribution is 6.08. The van der Waals surface area contributed by atoms with Crippen molar-refractivity contribution in [3.63, 3.8) is 0 Å². The van der Waals surface area contributed by atoms with E-state index in [-0.39, 0.29) is 5.91 Å². The smallest absolute Gasteiger partial charge is 0.329 e. The maximum Gasteiger partial charge on any atom is 0.329 e. The van der Waals surface area contributed by atoms with Crippen molar-refractivity contribution in [2.45, 2.75) is 32.2 Å². The first-order chi connectivity index (χ1) is 9.89. The Hall–Kier alpha value is -2.30. The fourth-order valence-electron chi connectivity index (χ4n) is 2.56. The number of rotatable bonds is 5. The van der Waals surface area contributed by atoms with Crippen LogP contribution >= 0.6 is 0 Å². The first kappa shape index (κ1) is 15.1. The summed E-state index contributed by atoms with van der Waals surface area (Å²) >= 11 is 0. The molecule has 0 aliphatic heterocycles. The van der Waals surface area contributed by atoms with E-state index in [1.807, 2.05) is 42.8 Å². The van der Waals surface area contributed by atoms with E-state index in [4.69, 9.17) is 0 Å². The van der Waals surface area contributed by atoms with E-state index in [1.165, 1.54) is 0 Å². The lowest BCUT2D eigenvalue weighted by Gasteiger charge is -2.25. The van der Waals surface area contributed by atoms with Gasteiger partial charge in [-0.2, -0.15) is 0 Å². The molecule has 1 aromatic carbocycles. The zero-order valence-electron chi connectivity index (χ0n) is 12.5. The number of aryl methyl sites for hydroxylation is 1. The molecule has 1 atom stereocenters. The molecule has 2 rings (SSSR count). The lowest BCUT2D eigenvalue weighted by atomic mass is 9.95. The van der Waals surface area contributed by atoms with Gasteiger partial charge in [0.1, 0.15) is 5.54 Å². The Bertz CT molecular complexity index is 690. The highest BCUT2D eigenvalue weighted by atomic mass is 16.4. The summed E-state index contributed by atoms with van der Waals surface area (Å²) in [5, 5.41) is 12.8. The van der Waals surface area contributed by atoms with E-state index in [0.29, 0.717) is 18.4 Å². The minimum absolute atomic E-state index is 0.356. The monoisotopic (exact) mass is 288 g/mol. The van der Waals surface area contributed by atoms with Crippen LogP contribution in [0, 0.1) is 0 Å². The molecule has 1 unspecified atom stereocenters. The summed E-state index contributed by atoms with van der Waals surface area (Å²) in [6, 6.07) is 7.56. The van der Waals surface area contributed by atoms with Crippen LogP contribution in [0.2, 0.25) is 0 Å². The second kappa shape index (κ2) is 5.60. The number of hydrogen-bond acceptors (Lipinski definition) is 2. The summed E-state index contributed by atoms with van der Waals surface area (Å²) in [5.74, 6) is -1.37. The Labute approximate surface area is 123 Å². The Kier molecular flexibility index (Phi) is 4.02. The number of amides is 1. The normalized spacial score (nSPS) is 13.9. The molecule has 0 aliphatic carbocycles. The van der Waals surface area contributed by atoms with Gasteiger partial charge in [0.05, 0.1) is 5.56 Å². The summed E-state index contributed by atoms with van der Waals surface area (Å²) in [6.07, 6.45) is 2.80. The number of nitrogens with zero attached hydrogens (tertiary/aromatic N) is 1. The average molecular weight is 288 g/mol. The summed E-state index contributed by atoms with van der Waals surface area (Å²) in [6.45, 7) is 3.44. The Balaban J connectivity index is 2.37. The van der Waals surface area contributed by atoms with Crippen LogP contribution in [0.25, 0.3) is 10.9 Å². The summed E-state index contributed by atoms with van der Waals surface area (Å²) in [4.78, 5) is 23.9. The van der Waals surface area contributed by atoms with Crippen molar-refractivity contribution < 1.29 is 14.7 Å². The van der Waals surface area contributed by atoms with Gasteiger partial charge in [0.25, 0.3) is 5.91 Å². The van der Waals surface area contributed by atoms with Gasteiger partial charge in [-0.05, 0) is 19.4 Å². The van der Waals surface area contributed by atoms with E-state index in [9.17, 15) is 14.7 Å². The number of hydrogen-bond donors (Lipinski definition) is 2. The molecule has 0 bridgehead atoms. The predicted molar refractivity (Wildman–Crippen MR) is 81.3 cm³/mol. The number of carbonyl (C=O) groups excluding carboxylic acids is 1. The first-order valence-corrected chi connectivity index (χ1v) is 6.99. The van der Waals surface area contributed by atoms with E-state index >= 15 is 0 Å². The van der Waals surface area contributed by atoms with Crippen molar-refractivity contribution in [1.29, 1.82) is 0 Å². The maximum absolute atomic E-state index is 12.5. The molecule has 0 saturated heterocycles. The van der Waals surface area contributed by atoms with Crippen molar-refractivity contribution >= 4 is 22.8 Å². The van der Waals surface area contributed by atoms with Gasteiger partial charge in [0, 0.05) is 24.1 Å². The largest absolute Gasteiger partial charge is 0.480 e. The fourth-order valence-corrected chi connectivity index (χ4v) is 2.56. The Morgan fingerprint density at radius 3 is 2.62 bits per heavy atom. The lowest BCUT2D eigenvalue weighted by molar-refractivity contribution is -0.144. The zero-order chi connectivity index (χ0) is 15.6. The van der Waals surface area contributed by atoms with E-state index in [1.54, 1.807) is 13.1 Å². The number of aromatic nitrogens is 1. The van der Waals surface area contributed by atoms with Gasteiger partial charge >= 0.3 is 5.97 Å². The quantitative estimate of drug-likeness (QED) is 0.888. The van der Waals surface area contributed by atoms with Crippen LogP contribution in [0.15, 0.2) is 30.5 Å². The number of para-hydroxylation sites is 1. The van der Waals surface area contributed by atoms with Crippen LogP contribution < -0.4 is 5.32 Å². The molecule has 0 saturated carbocycles. The van der Waals surface area contributed by atoms with Gasteiger partial charge < -0.3 is 15.0 Å².